The molecule has 0 saturated carbocycles. The van der Waals surface area contributed by atoms with Gasteiger partial charge in [-0.1, -0.05) is 19.4 Å². The molecule has 1 heterocycles. The second kappa shape index (κ2) is 6.84. The van der Waals surface area contributed by atoms with Crippen LogP contribution in [-0.2, 0) is 0 Å². The van der Waals surface area contributed by atoms with Crippen molar-refractivity contribution in [3.63, 3.8) is 0 Å². The number of rotatable bonds is 1. The van der Waals surface area contributed by atoms with Gasteiger partial charge in [0.25, 0.3) is 0 Å². The highest BCUT2D eigenvalue weighted by Gasteiger charge is 2.08. The number of allylic oxidation sites excluding steroid dienone is 1. The highest BCUT2D eigenvalue weighted by molar-refractivity contribution is 5.95. The summed E-state index contributed by atoms with van der Waals surface area (Å²) >= 11 is 0. The summed E-state index contributed by atoms with van der Waals surface area (Å²) in [6.45, 7) is 10.1. The Kier molecular flexibility index (Phi) is 6.51. The number of hydrogen-bond acceptors (Lipinski definition) is 2. The molecule has 2 heteroatoms. The fourth-order valence-corrected chi connectivity index (χ4v) is 1.37. The summed E-state index contributed by atoms with van der Waals surface area (Å²) in [5.74, 6) is 0. The molecule has 0 aliphatic carbocycles. The Bertz CT molecular complexity index is 184. The molecule has 2 nitrogen and oxygen atoms in total. The summed E-state index contributed by atoms with van der Waals surface area (Å²) in [6.07, 6.45) is 2.25. The Balaban J connectivity index is 0.000000671. The van der Waals surface area contributed by atoms with Gasteiger partial charge in [-0.15, -0.1) is 0 Å². The van der Waals surface area contributed by atoms with Crippen LogP contribution in [0.2, 0.25) is 0 Å². The van der Waals surface area contributed by atoms with Gasteiger partial charge in [0.2, 0.25) is 0 Å². The van der Waals surface area contributed by atoms with Gasteiger partial charge in [-0.2, -0.15) is 0 Å². The summed E-state index contributed by atoms with van der Waals surface area (Å²) in [4.78, 5) is 0. The topological polar surface area (TPSA) is 35.9 Å². The molecular formula is C11H22N2. The molecule has 1 rings (SSSR count). The lowest BCUT2D eigenvalue weighted by Crippen LogP contribution is -2.24. The van der Waals surface area contributed by atoms with Crippen LogP contribution in [0.25, 0.3) is 0 Å². The van der Waals surface area contributed by atoms with E-state index < -0.39 is 0 Å². The van der Waals surface area contributed by atoms with Gasteiger partial charge in [-0.25, -0.2) is 0 Å². The van der Waals surface area contributed by atoms with Gasteiger partial charge in [0, 0.05) is 5.71 Å². The molecule has 1 aliphatic rings. The maximum absolute atomic E-state index is 7.46. The predicted molar refractivity (Wildman–Crippen MR) is 59.6 cm³/mol. The van der Waals surface area contributed by atoms with E-state index in [1.165, 1.54) is 11.1 Å². The lowest BCUT2D eigenvalue weighted by molar-refractivity contribution is 0.607. The highest BCUT2D eigenvalue weighted by atomic mass is 14.9. The minimum Gasteiger partial charge on any atom is -0.316 e. The second-order valence-electron chi connectivity index (χ2n) is 3.10. The highest BCUT2D eigenvalue weighted by Crippen LogP contribution is 2.15. The standard InChI is InChI=1S/C9H16N2.C2H6/c1-7(8(2)10)9-3-5-11-6-4-9;1-2/h10-11H,3-6H2,1-2H3;1-2H3. The normalized spacial score (nSPS) is 15.8. The Labute approximate surface area is 81.9 Å². The van der Waals surface area contributed by atoms with Crippen molar-refractivity contribution in [1.82, 2.24) is 5.32 Å². The Morgan fingerprint density at radius 1 is 1.15 bits per heavy atom. The Morgan fingerprint density at radius 3 is 2.00 bits per heavy atom. The second-order valence-corrected chi connectivity index (χ2v) is 3.10. The summed E-state index contributed by atoms with van der Waals surface area (Å²) in [5, 5.41) is 10.8. The fraction of sp³-hybridized carbons (Fsp3) is 0.727. The van der Waals surface area contributed by atoms with E-state index in [1.54, 1.807) is 0 Å². The molecule has 0 aromatic heterocycles. The molecule has 0 atom stereocenters. The van der Waals surface area contributed by atoms with Crippen molar-refractivity contribution in [3.05, 3.63) is 11.1 Å². The molecule has 1 aliphatic heterocycles. The lowest BCUT2D eigenvalue weighted by atomic mass is 9.98. The van der Waals surface area contributed by atoms with Gasteiger partial charge in [0.1, 0.15) is 0 Å². The van der Waals surface area contributed by atoms with Crippen LogP contribution in [0.5, 0.6) is 0 Å². The van der Waals surface area contributed by atoms with Gasteiger partial charge in [0.05, 0.1) is 0 Å². The first-order valence-corrected chi connectivity index (χ1v) is 5.16. The Hall–Kier alpha value is -0.630. The van der Waals surface area contributed by atoms with Crippen LogP contribution in [0, 0.1) is 5.41 Å². The third-order valence-corrected chi connectivity index (χ3v) is 2.30. The number of nitrogens with one attached hydrogen (secondary N) is 2. The summed E-state index contributed by atoms with van der Waals surface area (Å²) in [5.41, 5.74) is 3.39. The van der Waals surface area contributed by atoms with Crippen molar-refractivity contribution in [2.24, 2.45) is 0 Å². The van der Waals surface area contributed by atoms with Crippen LogP contribution >= 0.6 is 0 Å². The van der Waals surface area contributed by atoms with Gasteiger partial charge in [-0.05, 0) is 45.4 Å². The van der Waals surface area contributed by atoms with Crippen molar-refractivity contribution in [1.29, 1.82) is 5.41 Å². The zero-order valence-electron chi connectivity index (χ0n) is 9.33. The minimum atomic E-state index is 0.724. The minimum absolute atomic E-state index is 0.724. The molecule has 13 heavy (non-hydrogen) atoms. The average Bonchev–Trinajstić information content (AvgIpc) is 2.21. The van der Waals surface area contributed by atoms with Crippen molar-refractivity contribution < 1.29 is 0 Å². The van der Waals surface area contributed by atoms with Crippen molar-refractivity contribution >= 4 is 5.71 Å². The van der Waals surface area contributed by atoms with E-state index in [0.717, 1.165) is 31.6 Å². The van der Waals surface area contributed by atoms with Crippen LogP contribution in [0.4, 0.5) is 0 Å². The van der Waals surface area contributed by atoms with Crippen molar-refractivity contribution in [3.8, 4) is 0 Å². The molecule has 0 bridgehead atoms. The van der Waals surface area contributed by atoms with E-state index >= 15 is 0 Å². The number of piperidine rings is 1. The molecule has 2 N–H and O–H groups in total. The molecule has 0 amide bonds. The maximum atomic E-state index is 7.46. The van der Waals surface area contributed by atoms with E-state index in [-0.39, 0.29) is 0 Å². The smallest absolute Gasteiger partial charge is 0.0311 e. The molecule has 76 valence electrons. The molecule has 0 aromatic rings. The molecular weight excluding hydrogens is 160 g/mol. The number of hydrogen-bond donors (Lipinski definition) is 2. The molecule has 0 aromatic carbocycles. The first kappa shape index (κ1) is 12.4. The average molecular weight is 182 g/mol. The lowest BCUT2D eigenvalue weighted by Gasteiger charge is -2.17. The van der Waals surface area contributed by atoms with Gasteiger partial charge < -0.3 is 10.7 Å². The van der Waals surface area contributed by atoms with Crippen molar-refractivity contribution in [2.45, 2.75) is 40.5 Å². The third kappa shape index (κ3) is 4.23. The molecule has 0 radical (unpaired) electrons. The molecule has 0 unspecified atom stereocenters. The predicted octanol–water partition coefficient (Wildman–Crippen LogP) is 2.75. The van der Waals surface area contributed by atoms with E-state index in [4.69, 9.17) is 5.41 Å². The molecule has 1 saturated heterocycles. The summed E-state index contributed by atoms with van der Waals surface area (Å²) in [6, 6.07) is 0. The van der Waals surface area contributed by atoms with E-state index in [0.29, 0.717) is 0 Å². The largest absolute Gasteiger partial charge is 0.316 e. The Morgan fingerprint density at radius 2 is 1.62 bits per heavy atom. The fourth-order valence-electron chi connectivity index (χ4n) is 1.37. The first-order valence-electron chi connectivity index (χ1n) is 5.16. The van der Waals surface area contributed by atoms with Crippen molar-refractivity contribution in [2.75, 3.05) is 13.1 Å². The van der Waals surface area contributed by atoms with E-state index in [1.807, 2.05) is 20.8 Å². The summed E-state index contributed by atoms with van der Waals surface area (Å²) in [7, 11) is 0. The van der Waals surface area contributed by atoms with Gasteiger partial charge in [0.15, 0.2) is 0 Å². The monoisotopic (exact) mass is 182 g/mol. The van der Waals surface area contributed by atoms with Gasteiger partial charge in [-0.3, -0.25) is 0 Å². The van der Waals surface area contributed by atoms with E-state index in [2.05, 4.69) is 12.2 Å². The SMILES string of the molecule is CC.CC(=N)C(C)=C1CCNCC1. The van der Waals surface area contributed by atoms with Crippen LogP contribution in [0.1, 0.15) is 40.5 Å². The quantitative estimate of drug-likeness (QED) is 0.601. The summed E-state index contributed by atoms with van der Waals surface area (Å²) < 4.78 is 0. The van der Waals surface area contributed by atoms with Crippen LogP contribution in [0.3, 0.4) is 0 Å². The third-order valence-electron chi connectivity index (χ3n) is 2.30. The maximum Gasteiger partial charge on any atom is 0.0311 e. The van der Waals surface area contributed by atoms with Crippen LogP contribution in [0.15, 0.2) is 11.1 Å². The van der Waals surface area contributed by atoms with E-state index in [9.17, 15) is 0 Å². The van der Waals surface area contributed by atoms with Gasteiger partial charge >= 0.3 is 0 Å². The van der Waals surface area contributed by atoms with Crippen LogP contribution < -0.4 is 5.32 Å². The zero-order valence-corrected chi connectivity index (χ0v) is 9.33. The van der Waals surface area contributed by atoms with Crippen LogP contribution in [-0.4, -0.2) is 18.8 Å². The molecule has 1 fully saturated rings. The zero-order chi connectivity index (χ0) is 10.3. The molecule has 0 spiro atoms. The first-order chi connectivity index (χ1) is 6.22.